The standard InChI is InChI=1S/C11H13FN4O/c1-17-11-6-8(9(12)7-10(11)13)4-2-3-5-15-16-14/h2,4,6-7H,3,5,13H2,1H3. The Morgan fingerprint density at radius 1 is 1.59 bits per heavy atom. The maximum atomic E-state index is 13.5. The van der Waals surface area contributed by atoms with Gasteiger partial charge in [0.15, 0.2) is 0 Å². The van der Waals surface area contributed by atoms with Crippen molar-refractivity contribution in [1.29, 1.82) is 0 Å². The van der Waals surface area contributed by atoms with E-state index in [2.05, 4.69) is 10.0 Å². The topological polar surface area (TPSA) is 84.0 Å². The Balaban J connectivity index is 2.79. The Labute approximate surface area is 98.3 Å². The normalized spacial score (nSPS) is 10.2. The Hall–Kier alpha value is -2.20. The van der Waals surface area contributed by atoms with Crippen LogP contribution in [0.5, 0.6) is 5.75 Å². The number of azide groups is 1. The predicted molar refractivity (Wildman–Crippen MR) is 65.0 cm³/mol. The summed E-state index contributed by atoms with van der Waals surface area (Å²) in [5.41, 5.74) is 14.3. The van der Waals surface area contributed by atoms with Crippen molar-refractivity contribution in [3.63, 3.8) is 0 Å². The molecule has 0 radical (unpaired) electrons. The zero-order valence-corrected chi connectivity index (χ0v) is 9.43. The van der Waals surface area contributed by atoms with E-state index in [1.54, 1.807) is 12.2 Å². The van der Waals surface area contributed by atoms with Crippen molar-refractivity contribution in [2.75, 3.05) is 19.4 Å². The Morgan fingerprint density at radius 3 is 3.00 bits per heavy atom. The van der Waals surface area contributed by atoms with E-state index in [1.165, 1.54) is 19.2 Å². The molecule has 0 saturated carbocycles. The third-order valence-corrected chi connectivity index (χ3v) is 2.11. The first kappa shape index (κ1) is 12.9. The van der Waals surface area contributed by atoms with Gasteiger partial charge in [-0.25, -0.2) is 4.39 Å². The number of benzene rings is 1. The number of hydrogen-bond donors (Lipinski definition) is 1. The number of nitrogens with zero attached hydrogens (tertiary/aromatic N) is 3. The van der Waals surface area contributed by atoms with Crippen LogP contribution < -0.4 is 10.5 Å². The van der Waals surface area contributed by atoms with E-state index >= 15 is 0 Å². The minimum atomic E-state index is -0.414. The summed E-state index contributed by atoms with van der Waals surface area (Å²) >= 11 is 0. The monoisotopic (exact) mass is 236 g/mol. The molecule has 0 spiro atoms. The summed E-state index contributed by atoms with van der Waals surface area (Å²) in [4.78, 5) is 2.62. The van der Waals surface area contributed by atoms with Crippen molar-refractivity contribution < 1.29 is 9.13 Å². The van der Waals surface area contributed by atoms with Crippen LogP contribution in [0.4, 0.5) is 10.1 Å². The number of rotatable bonds is 5. The van der Waals surface area contributed by atoms with E-state index < -0.39 is 5.82 Å². The van der Waals surface area contributed by atoms with Gasteiger partial charge in [-0.2, -0.15) is 0 Å². The minimum absolute atomic E-state index is 0.260. The fourth-order valence-corrected chi connectivity index (χ4v) is 1.28. The second-order valence-corrected chi connectivity index (χ2v) is 3.26. The molecule has 2 N–H and O–H groups in total. The lowest BCUT2D eigenvalue weighted by Gasteiger charge is -2.06. The van der Waals surface area contributed by atoms with Crippen molar-refractivity contribution in [3.8, 4) is 5.75 Å². The molecule has 5 nitrogen and oxygen atoms in total. The molecule has 0 aliphatic rings. The summed E-state index contributed by atoms with van der Waals surface area (Å²) in [7, 11) is 1.47. The third-order valence-electron chi connectivity index (χ3n) is 2.11. The van der Waals surface area contributed by atoms with Gasteiger partial charge in [-0.15, -0.1) is 0 Å². The maximum absolute atomic E-state index is 13.5. The molecule has 0 saturated heterocycles. The van der Waals surface area contributed by atoms with Crippen LogP contribution in [0.1, 0.15) is 12.0 Å². The second kappa shape index (κ2) is 6.40. The highest BCUT2D eigenvalue weighted by Crippen LogP contribution is 2.25. The molecule has 0 unspecified atom stereocenters. The highest BCUT2D eigenvalue weighted by atomic mass is 19.1. The van der Waals surface area contributed by atoms with Gasteiger partial charge in [-0.1, -0.05) is 17.3 Å². The van der Waals surface area contributed by atoms with E-state index in [-0.39, 0.29) is 5.69 Å². The molecule has 1 rings (SSSR count). The summed E-state index contributed by atoms with van der Waals surface area (Å²) in [6.45, 7) is 0.348. The molecule has 1 aromatic carbocycles. The summed E-state index contributed by atoms with van der Waals surface area (Å²) in [5, 5.41) is 3.36. The molecule has 6 heteroatoms. The molecular weight excluding hydrogens is 223 g/mol. The highest BCUT2D eigenvalue weighted by molar-refractivity contribution is 5.61. The van der Waals surface area contributed by atoms with Crippen molar-refractivity contribution in [1.82, 2.24) is 0 Å². The Kier molecular flexibility index (Phi) is 4.84. The van der Waals surface area contributed by atoms with Crippen molar-refractivity contribution in [2.45, 2.75) is 6.42 Å². The number of methoxy groups -OCH3 is 1. The molecule has 90 valence electrons. The van der Waals surface area contributed by atoms with Crippen LogP contribution in [0.3, 0.4) is 0 Å². The van der Waals surface area contributed by atoms with Gasteiger partial charge in [-0.3, -0.25) is 0 Å². The first-order chi connectivity index (χ1) is 8.19. The molecule has 0 aliphatic carbocycles. The average Bonchev–Trinajstić information content (AvgIpc) is 2.31. The van der Waals surface area contributed by atoms with E-state index in [9.17, 15) is 4.39 Å². The number of nitrogens with two attached hydrogens (primary N) is 1. The Morgan fingerprint density at radius 2 is 2.35 bits per heavy atom. The highest BCUT2D eigenvalue weighted by Gasteiger charge is 2.05. The van der Waals surface area contributed by atoms with Gasteiger partial charge in [0, 0.05) is 23.1 Å². The lowest BCUT2D eigenvalue weighted by molar-refractivity contribution is 0.416. The van der Waals surface area contributed by atoms with Gasteiger partial charge in [0.1, 0.15) is 11.6 Å². The zero-order chi connectivity index (χ0) is 12.7. The lowest BCUT2D eigenvalue weighted by Crippen LogP contribution is -1.95. The predicted octanol–water partition coefficient (Wildman–Crippen LogP) is 3.13. The van der Waals surface area contributed by atoms with Crippen LogP contribution in [0.2, 0.25) is 0 Å². The van der Waals surface area contributed by atoms with Gasteiger partial charge < -0.3 is 10.5 Å². The quantitative estimate of drug-likeness (QED) is 0.280. The number of anilines is 1. The molecule has 0 bridgehead atoms. The number of ether oxygens (including phenoxy) is 1. The van der Waals surface area contributed by atoms with Crippen LogP contribution in [0, 0.1) is 5.82 Å². The second-order valence-electron chi connectivity index (χ2n) is 3.26. The van der Waals surface area contributed by atoms with Gasteiger partial charge in [-0.05, 0) is 18.0 Å². The fourth-order valence-electron chi connectivity index (χ4n) is 1.28. The van der Waals surface area contributed by atoms with Gasteiger partial charge in [0.25, 0.3) is 0 Å². The van der Waals surface area contributed by atoms with E-state index in [0.717, 1.165) is 0 Å². The molecule has 0 aromatic heterocycles. The zero-order valence-electron chi connectivity index (χ0n) is 9.43. The van der Waals surface area contributed by atoms with Gasteiger partial charge >= 0.3 is 0 Å². The molecule has 0 atom stereocenters. The summed E-state index contributed by atoms with van der Waals surface area (Å²) in [6.07, 6.45) is 3.88. The summed E-state index contributed by atoms with van der Waals surface area (Å²) < 4.78 is 18.5. The number of hydrogen-bond acceptors (Lipinski definition) is 3. The van der Waals surface area contributed by atoms with Crippen LogP contribution in [-0.4, -0.2) is 13.7 Å². The molecular formula is C11H13FN4O. The van der Waals surface area contributed by atoms with Gasteiger partial charge in [0.05, 0.1) is 12.8 Å². The largest absolute Gasteiger partial charge is 0.495 e. The fraction of sp³-hybridized carbons (Fsp3) is 0.273. The number of nitrogen functional groups attached to an aromatic ring is 1. The lowest BCUT2D eigenvalue weighted by atomic mass is 10.1. The number of halogens is 1. The first-order valence-electron chi connectivity index (χ1n) is 4.99. The maximum Gasteiger partial charge on any atom is 0.142 e. The summed E-state index contributed by atoms with van der Waals surface area (Å²) in [6, 6.07) is 2.74. The Bertz CT molecular complexity index is 467. The smallest absolute Gasteiger partial charge is 0.142 e. The molecule has 0 aliphatic heterocycles. The van der Waals surface area contributed by atoms with E-state index in [1.807, 2.05) is 0 Å². The average molecular weight is 236 g/mol. The van der Waals surface area contributed by atoms with Crippen LogP contribution in [0.25, 0.3) is 16.5 Å². The first-order valence-corrected chi connectivity index (χ1v) is 4.99. The molecule has 17 heavy (non-hydrogen) atoms. The van der Waals surface area contributed by atoms with Gasteiger partial charge in [0.2, 0.25) is 0 Å². The third kappa shape index (κ3) is 3.70. The van der Waals surface area contributed by atoms with Crippen LogP contribution >= 0.6 is 0 Å². The van der Waals surface area contributed by atoms with Crippen LogP contribution in [0.15, 0.2) is 23.3 Å². The molecule has 1 aromatic rings. The summed E-state index contributed by atoms with van der Waals surface area (Å²) in [5.74, 6) is 0.0180. The van der Waals surface area contributed by atoms with E-state index in [4.69, 9.17) is 16.0 Å². The van der Waals surface area contributed by atoms with Crippen molar-refractivity contribution in [2.24, 2.45) is 5.11 Å². The van der Waals surface area contributed by atoms with Crippen molar-refractivity contribution >= 4 is 11.8 Å². The van der Waals surface area contributed by atoms with Crippen LogP contribution in [-0.2, 0) is 0 Å². The molecule has 0 fully saturated rings. The molecule has 0 heterocycles. The minimum Gasteiger partial charge on any atom is -0.495 e. The van der Waals surface area contributed by atoms with E-state index in [0.29, 0.717) is 24.3 Å². The SMILES string of the molecule is COc1cc(C=CCCN=[N+]=[N-])c(F)cc1N. The van der Waals surface area contributed by atoms with Crippen molar-refractivity contribution in [3.05, 3.63) is 40.0 Å². The molecule has 0 amide bonds.